The van der Waals surface area contributed by atoms with Gasteiger partial charge in [0.15, 0.2) is 11.6 Å². The number of benzene rings is 3. The average Bonchev–Trinajstić information content (AvgIpc) is 3.65. The van der Waals surface area contributed by atoms with Crippen molar-refractivity contribution in [2.75, 3.05) is 0 Å². The first-order valence-corrected chi connectivity index (χ1v) is 14.8. The van der Waals surface area contributed by atoms with Gasteiger partial charge in [-0.05, 0) is 64.7 Å². The lowest BCUT2D eigenvalue weighted by atomic mass is 9.84. The zero-order valence-electron chi connectivity index (χ0n) is 22.0. The summed E-state index contributed by atoms with van der Waals surface area (Å²) in [6.45, 7) is 0. The van der Waals surface area contributed by atoms with Crippen molar-refractivity contribution in [3.63, 3.8) is 0 Å². The van der Waals surface area contributed by atoms with E-state index in [9.17, 15) is 9.59 Å². The van der Waals surface area contributed by atoms with E-state index < -0.39 is 0 Å². The lowest BCUT2D eigenvalue weighted by Crippen LogP contribution is -2.09. The van der Waals surface area contributed by atoms with E-state index >= 15 is 0 Å². The highest BCUT2D eigenvalue weighted by atomic mass is 32.1. The van der Waals surface area contributed by atoms with Gasteiger partial charge in [-0.2, -0.15) is 5.10 Å². The van der Waals surface area contributed by atoms with Crippen LogP contribution in [0.5, 0.6) is 0 Å². The molecule has 1 saturated carbocycles. The van der Waals surface area contributed by atoms with Crippen LogP contribution >= 0.6 is 11.3 Å². The van der Waals surface area contributed by atoms with Crippen LogP contribution in [0.15, 0.2) is 90.4 Å². The number of carbonyl (C=O) groups is 2. The molecule has 0 radical (unpaired) electrons. The predicted octanol–water partition coefficient (Wildman–Crippen LogP) is 8.06. The molecule has 6 rings (SSSR count). The smallest absolute Gasteiger partial charge is 0.177 e. The average molecular weight is 533 g/mol. The molecule has 1 aliphatic carbocycles. The topological polar surface area (TPSA) is 52.0 Å². The van der Waals surface area contributed by atoms with Crippen molar-refractivity contribution in [2.45, 2.75) is 51.4 Å². The van der Waals surface area contributed by atoms with E-state index in [4.69, 9.17) is 0 Å². The number of ketones is 2. The lowest BCUT2D eigenvalue weighted by Gasteiger charge is -2.21. The number of hydrogen-bond acceptors (Lipinski definition) is 4. The zero-order chi connectivity index (χ0) is 26.6. The Morgan fingerprint density at radius 1 is 0.795 bits per heavy atom. The summed E-state index contributed by atoms with van der Waals surface area (Å²) in [6.07, 6.45) is 10.5. The Hall–Kier alpha value is -3.83. The second-order valence-corrected chi connectivity index (χ2v) is 11.6. The van der Waals surface area contributed by atoms with Gasteiger partial charge < -0.3 is 0 Å². The molecule has 39 heavy (non-hydrogen) atoms. The summed E-state index contributed by atoms with van der Waals surface area (Å²) in [4.78, 5) is 26.2. The molecule has 196 valence electrons. The first kappa shape index (κ1) is 25.4. The third-order valence-corrected chi connectivity index (χ3v) is 8.77. The number of aromatic nitrogens is 2. The summed E-state index contributed by atoms with van der Waals surface area (Å²) in [5.74, 6) is 1.07. The number of carbonyl (C=O) groups excluding carboxylic acids is 2. The second-order valence-electron chi connectivity index (χ2n) is 10.7. The van der Waals surface area contributed by atoms with Crippen LogP contribution in [0.25, 0.3) is 16.6 Å². The molecule has 5 heteroatoms. The Bertz CT molecular complexity index is 1580. The number of nitrogens with zero attached hydrogens (tertiary/aromatic N) is 2. The molecule has 0 atom stereocenters. The number of hydrogen-bond donors (Lipinski definition) is 0. The third-order valence-electron chi connectivity index (χ3n) is 7.86. The van der Waals surface area contributed by atoms with Gasteiger partial charge in [-0.15, -0.1) is 11.3 Å². The maximum absolute atomic E-state index is 13.0. The Labute approximate surface area is 233 Å². The van der Waals surface area contributed by atoms with Crippen molar-refractivity contribution in [2.24, 2.45) is 5.92 Å². The maximum atomic E-state index is 13.0. The maximum Gasteiger partial charge on any atom is 0.177 e. The van der Waals surface area contributed by atoms with Crippen molar-refractivity contribution >= 4 is 33.8 Å². The molecule has 0 aliphatic heterocycles. The summed E-state index contributed by atoms with van der Waals surface area (Å²) in [6, 6.07) is 26.1. The van der Waals surface area contributed by atoms with Crippen LogP contribution in [0.1, 0.15) is 68.8 Å². The van der Waals surface area contributed by atoms with Crippen LogP contribution in [-0.2, 0) is 19.3 Å². The zero-order valence-corrected chi connectivity index (χ0v) is 22.8. The molecule has 4 nitrogen and oxygen atoms in total. The van der Waals surface area contributed by atoms with Crippen LogP contribution in [0, 0.1) is 5.92 Å². The molecular formula is C34H32N2O2S. The van der Waals surface area contributed by atoms with Gasteiger partial charge >= 0.3 is 0 Å². The van der Waals surface area contributed by atoms with E-state index in [1.807, 2.05) is 76.9 Å². The molecule has 0 amide bonds. The molecule has 3 aromatic carbocycles. The Balaban J connectivity index is 1.10. The molecule has 1 fully saturated rings. The Kier molecular flexibility index (Phi) is 7.51. The predicted molar refractivity (Wildman–Crippen MR) is 158 cm³/mol. The number of thiophene rings is 1. The minimum atomic E-state index is 0.138. The molecule has 2 heterocycles. The molecule has 0 spiro atoms. The van der Waals surface area contributed by atoms with Crippen LogP contribution < -0.4 is 0 Å². The minimum absolute atomic E-state index is 0.138. The fourth-order valence-corrected chi connectivity index (χ4v) is 6.37. The van der Waals surface area contributed by atoms with Gasteiger partial charge in [-0.3, -0.25) is 9.59 Å². The van der Waals surface area contributed by atoms with Crippen LogP contribution in [0.4, 0.5) is 0 Å². The first-order valence-electron chi connectivity index (χ1n) is 13.9. The van der Waals surface area contributed by atoms with Crippen molar-refractivity contribution < 1.29 is 9.59 Å². The molecule has 0 N–H and O–H groups in total. The molecule has 5 aromatic rings. The summed E-state index contributed by atoms with van der Waals surface area (Å²) in [5.41, 5.74) is 6.01. The SMILES string of the molecule is O=C(Cc1ccc2c(cnn2-c2ccc(CC(=O)c3cccs3)cc2)c1)c1ccc(CC2CCCCC2)cc1. The number of Topliss-reactive ketones (excluding diaryl/α,β-unsaturated/α-hetero) is 2. The van der Waals surface area contributed by atoms with Crippen molar-refractivity contribution in [1.82, 2.24) is 9.78 Å². The van der Waals surface area contributed by atoms with Gasteiger partial charge in [0, 0.05) is 23.8 Å². The Morgan fingerprint density at radius 2 is 1.51 bits per heavy atom. The van der Waals surface area contributed by atoms with E-state index in [1.54, 1.807) is 0 Å². The fourth-order valence-electron chi connectivity index (χ4n) is 5.70. The summed E-state index contributed by atoms with van der Waals surface area (Å²) in [7, 11) is 0. The molecular weight excluding hydrogens is 500 g/mol. The van der Waals surface area contributed by atoms with Gasteiger partial charge in [-0.1, -0.05) is 80.6 Å². The van der Waals surface area contributed by atoms with E-state index in [0.29, 0.717) is 12.8 Å². The van der Waals surface area contributed by atoms with E-state index in [2.05, 4.69) is 23.3 Å². The molecule has 0 bridgehead atoms. The minimum Gasteiger partial charge on any atom is -0.294 e. The highest BCUT2D eigenvalue weighted by Gasteiger charge is 2.15. The van der Waals surface area contributed by atoms with Crippen molar-refractivity contribution in [3.8, 4) is 5.69 Å². The quantitative estimate of drug-likeness (QED) is 0.180. The van der Waals surface area contributed by atoms with Crippen molar-refractivity contribution in [3.05, 3.63) is 118 Å². The molecule has 0 saturated heterocycles. The van der Waals surface area contributed by atoms with E-state index in [1.165, 1.54) is 49.0 Å². The number of rotatable bonds is 9. The van der Waals surface area contributed by atoms with Gasteiger partial charge in [0.1, 0.15) is 0 Å². The van der Waals surface area contributed by atoms with E-state index in [0.717, 1.165) is 50.5 Å². The van der Waals surface area contributed by atoms with Crippen LogP contribution in [0.3, 0.4) is 0 Å². The molecule has 1 aliphatic rings. The van der Waals surface area contributed by atoms with Gasteiger partial charge in [0.05, 0.1) is 22.3 Å². The van der Waals surface area contributed by atoms with Crippen LogP contribution in [-0.4, -0.2) is 21.3 Å². The monoisotopic (exact) mass is 532 g/mol. The highest BCUT2D eigenvalue weighted by Crippen LogP contribution is 2.27. The molecule has 2 aromatic heterocycles. The van der Waals surface area contributed by atoms with Gasteiger partial charge in [0.25, 0.3) is 0 Å². The van der Waals surface area contributed by atoms with Gasteiger partial charge in [-0.25, -0.2) is 4.68 Å². The highest BCUT2D eigenvalue weighted by molar-refractivity contribution is 7.12. The molecule has 0 unspecified atom stereocenters. The summed E-state index contributed by atoms with van der Waals surface area (Å²) < 4.78 is 1.90. The van der Waals surface area contributed by atoms with Crippen molar-refractivity contribution in [1.29, 1.82) is 0 Å². The first-order chi connectivity index (χ1) is 19.1. The normalized spacial score (nSPS) is 14.1. The summed E-state index contributed by atoms with van der Waals surface area (Å²) in [5, 5.41) is 7.53. The second kappa shape index (κ2) is 11.5. The lowest BCUT2D eigenvalue weighted by molar-refractivity contribution is 0.0986. The Morgan fingerprint density at radius 3 is 2.26 bits per heavy atom. The third kappa shape index (κ3) is 5.94. The largest absolute Gasteiger partial charge is 0.294 e. The van der Waals surface area contributed by atoms with Crippen LogP contribution in [0.2, 0.25) is 0 Å². The van der Waals surface area contributed by atoms with E-state index in [-0.39, 0.29) is 11.6 Å². The number of fused-ring (bicyclic) bond motifs is 1. The summed E-state index contributed by atoms with van der Waals surface area (Å²) >= 11 is 1.48. The fraction of sp³-hybridized carbons (Fsp3) is 0.265. The standard InChI is InChI=1S/C34H32N2O2S/c37-32(28-13-8-25(9-14-28)19-24-5-2-1-3-6-24)22-27-12-17-31-29(20-27)23-35-36(31)30-15-10-26(11-16-30)21-33(38)34-7-4-18-39-34/h4,7-18,20,23-24H,1-3,5-6,19,21-22H2. The van der Waals surface area contributed by atoms with Gasteiger partial charge in [0.2, 0.25) is 0 Å².